The third kappa shape index (κ3) is 3.06. The van der Waals surface area contributed by atoms with Gasteiger partial charge in [-0.1, -0.05) is 11.6 Å². The van der Waals surface area contributed by atoms with E-state index < -0.39 is 17.9 Å². The molecule has 5 heteroatoms. The van der Waals surface area contributed by atoms with E-state index in [1.807, 2.05) is 13.0 Å². The molecule has 0 fully saturated rings. The van der Waals surface area contributed by atoms with Crippen molar-refractivity contribution in [1.82, 2.24) is 5.32 Å². The molecule has 2 N–H and O–H groups in total. The molecule has 1 aromatic rings. The zero-order valence-electron chi connectivity index (χ0n) is 8.95. The molecule has 16 heavy (non-hydrogen) atoms. The number of halogens is 1. The van der Waals surface area contributed by atoms with Crippen LogP contribution >= 0.6 is 15.9 Å². The van der Waals surface area contributed by atoms with Gasteiger partial charge in [-0.15, -0.1) is 0 Å². The average Bonchev–Trinajstić information content (AvgIpc) is 2.21. The Morgan fingerprint density at radius 1 is 1.44 bits per heavy atom. The van der Waals surface area contributed by atoms with Crippen LogP contribution in [0.3, 0.4) is 0 Å². The Balaban J connectivity index is 2.88. The van der Waals surface area contributed by atoms with Crippen molar-refractivity contribution < 1.29 is 14.7 Å². The molecule has 0 aliphatic carbocycles. The maximum absolute atomic E-state index is 11.7. The van der Waals surface area contributed by atoms with E-state index in [-0.39, 0.29) is 0 Å². The molecular formula is C11H12BrNO3. The second-order valence-electron chi connectivity index (χ2n) is 3.52. The number of aryl methyl sites for hydroxylation is 1. The normalized spacial score (nSPS) is 11.9. The number of carbonyl (C=O) groups is 2. The lowest BCUT2D eigenvalue weighted by molar-refractivity contribution is -0.138. The van der Waals surface area contributed by atoms with E-state index in [9.17, 15) is 9.59 Å². The van der Waals surface area contributed by atoms with Crippen molar-refractivity contribution in [3.8, 4) is 0 Å². The molecule has 0 saturated heterocycles. The number of rotatable bonds is 3. The van der Waals surface area contributed by atoms with Crippen LogP contribution in [0.5, 0.6) is 0 Å². The van der Waals surface area contributed by atoms with Gasteiger partial charge in [0.25, 0.3) is 5.91 Å². The number of hydrogen-bond acceptors (Lipinski definition) is 2. The number of carboxylic acids is 1. The fraction of sp³-hybridized carbons (Fsp3) is 0.273. The van der Waals surface area contributed by atoms with Crippen LogP contribution in [0.1, 0.15) is 22.8 Å². The van der Waals surface area contributed by atoms with E-state index in [0.29, 0.717) is 10.0 Å². The average molecular weight is 286 g/mol. The van der Waals surface area contributed by atoms with Crippen molar-refractivity contribution in [2.24, 2.45) is 0 Å². The lowest BCUT2D eigenvalue weighted by Crippen LogP contribution is -2.38. The molecule has 0 aromatic heterocycles. The van der Waals surface area contributed by atoms with Gasteiger partial charge in [-0.2, -0.15) is 0 Å². The first-order valence-electron chi connectivity index (χ1n) is 4.71. The second-order valence-corrected chi connectivity index (χ2v) is 4.37. The fourth-order valence-electron chi connectivity index (χ4n) is 1.15. The summed E-state index contributed by atoms with van der Waals surface area (Å²) in [5.74, 6) is -1.46. The fourth-order valence-corrected chi connectivity index (χ4v) is 1.58. The minimum atomic E-state index is -1.06. The summed E-state index contributed by atoms with van der Waals surface area (Å²) in [6, 6.07) is 4.42. The summed E-state index contributed by atoms with van der Waals surface area (Å²) >= 11 is 3.25. The van der Waals surface area contributed by atoms with Gasteiger partial charge in [0.1, 0.15) is 6.04 Å². The molecule has 1 amide bonds. The van der Waals surface area contributed by atoms with Crippen LogP contribution in [0.4, 0.5) is 0 Å². The van der Waals surface area contributed by atoms with Gasteiger partial charge in [-0.05, 0) is 41.9 Å². The van der Waals surface area contributed by atoms with E-state index in [1.54, 1.807) is 12.1 Å². The van der Waals surface area contributed by atoms with Gasteiger partial charge in [-0.3, -0.25) is 9.59 Å². The lowest BCUT2D eigenvalue weighted by Gasteiger charge is -2.10. The molecule has 0 radical (unpaired) electrons. The van der Waals surface area contributed by atoms with Gasteiger partial charge in [0.05, 0.1) is 5.56 Å². The quantitative estimate of drug-likeness (QED) is 0.892. The molecule has 0 heterocycles. The Morgan fingerprint density at radius 3 is 2.62 bits per heavy atom. The Labute approximate surface area is 102 Å². The summed E-state index contributed by atoms with van der Waals surface area (Å²) in [6.07, 6.45) is 0. The highest BCUT2D eigenvalue weighted by Gasteiger charge is 2.16. The third-order valence-electron chi connectivity index (χ3n) is 2.08. The maximum atomic E-state index is 11.7. The van der Waals surface area contributed by atoms with Gasteiger partial charge < -0.3 is 10.4 Å². The molecular weight excluding hydrogens is 274 g/mol. The molecule has 1 aromatic carbocycles. The molecule has 0 unspecified atom stereocenters. The first kappa shape index (κ1) is 12.7. The van der Waals surface area contributed by atoms with Crippen molar-refractivity contribution in [1.29, 1.82) is 0 Å². The number of aliphatic carboxylic acids is 1. The van der Waals surface area contributed by atoms with Crippen LogP contribution in [-0.2, 0) is 4.79 Å². The molecule has 0 spiro atoms. The lowest BCUT2D eigenvalue weighted by atomic mass is 10.1. The summed E-state index contributed by atoms with van der Waals surface area (Å²) < 4.78 is 0.646. The summed E-state index contributed by atoms with van der Waals surface area (Å²) in [7, 11) is 0. The monoisotopic (exact) mass is 285 g/mol. The van der Waals surface area contributed by atoms with Gasteiger partial charge in [0.15, 0.2) is 0 Å². The zero-order chi connectivity index (χ0) is 12.3. The van der Waals surface area contributed by atoms with Crippen LogP contribution in [-0.4, -0.2) is 23.0 Å². The molecule has 4 nitrogen and oxygen atoms in total. The highest BCUT2D eigenvalue weighted by molar-refractivity contribution is 9.10. The number of hydrogen-bond donors (Lipinski definition) is 2. The number of nitrogens with one attached hydrogen (secondary N) is 1. The van der Waals surface area contributed by atoms with Gasteiger partial charge in [0, 0.05) is 4.47 Å². The van der Waals surface area contributed by atoms with Gasteiger partial charge in [-0.25, -0.2) is 0 Å². The summed E-state index contributed by atoms with van der Waals surface area (Å²) in [6.45, 7) is 3.29. The summed E-state index contributed by atoms with van der Waals surface area (Å²) in [4.78, 5) is 22.3. The first-order chi connectivity index (χ1) is 7.41. The van der Waals surface area contributed by atoms with Crippen LogP contribution in [0.15, 0.2) is 22.7 Å². The first-order valence-corrected chi connectivity index (χ1v) is 5.51. The molecule has 0 aliphatic heterocycles. The van der Waals surface area contributed by atoms with Gasteiger partial charge >= 0.3 is 5.97 Å². The van der Waals surface area contributed by atoms with E-state index in [2.05, 4.69) is 21.2 Å². The SMILES string of the molecule is Cc1ccc(Br)c(C(=O)N[C@H](C)C(=O)O)c1. The van der Waals surface area contributed by atoms with Crippen LogP contribution in [0, 0.1) is 6.92 Å². The Morgan fingerprint density at radius 2 is 2.06 bits per heavy atom. The molecule has 0 aliphatic rings. The van der Waals surface area contributed by atoms with Crippen molar-refractivity contribution in [2.45, 2.75) is 19.9 Å². The minimum Gasteiger partial charge on any atom is -0.480 e. The van der Waals surface area contributed by atoms with E-state index in [4.69, 9.17) is 5.11 Å². The largest absolute Gasteiger partial charge is 0.480 e. The number of benzene rings is 1. The highest BCUT2D eigenvalue weighted by atomic mass is 79.9. The predicted molar refractivity (Wildman–Crippen MR) is 63.4 cm³/mol. The second kappa shape index (κ2) is 5.12. The topological polar surface area (TPSA) is 66.4 Å². The molecule has 1 atom stereocenters. The Bertz CT molecular complexity index is 431. The zero-order valence-corrected chi connectivity index (χ0v) is 10.5. The number of amides is 1. The smallest absolute Gasteiger partial charge is 0.325 e. The number of carbonyl (C=O) groups excluding carboxylic acids is 1. The van der Waals surface area contributed by atoms with Crippen molar-refractivity contribution in [3.63, 3.8) is 0 Å². The Hall–Kier alpha value is -1.36. The molecule has 86 valence electrons. The van der Waals surface area contributed by atoms with Crippen molar-refractivity contribution in [2.75, 3.05) is 0 Å². The predicted octanol–water partition coefficient (Wildman–Crippen LogP) is 1.96. The van der Waals surface area contributed by atoms with Crippen LogP contribution < -0.4 is 5.32 Å². The molecule has 1 rings (SSSR count). The maximum Gasteiger partial charge on any atom is 0.325 e. The van der Waals surface area contributed by atoms with Crippen molar-refractivity contribution >= 4 is 27.8 Å². The van der Waals surface area contributed by atoms with Crippen LogP contribution in [0.25, 0.3) is 0 Å². The molecule has 0 saturated carbocycles. The standard InChI is InChI=1S/C11H12BrNO3/c1-6-3-4-9(12)8(5-6)10(14)13-7(2)11(15)16/h3-5,7H,1-2H3,(H,13,14)(H,15,16)/t7-/m1/s1. The minimum absolute atomic E-state index is 0.398. The highest BCUT2D eigenvalue weighted by Crippen LogP contribution is 2.18. The van der Waals surface area contributed by atoms with E-state index in [0.717, 1.165) is 5.56 Å². The third-order valence-corrected chi connectivity index (χ3v) is 2.78. The Kier molecular flexibility index (Phi) is 4.06. The summed E-state index contributed by atoms with van der Waals surface area (Å²) in [5.41, 5.74) is 1.38. The summed E-state index contributed by atoms with van der Waals surface area (Å²) in [5, 5.41) is 11.1. The van der Waals surface area contributed by atoms with Crippen LogP contribution in [0.2, 0.25) is 0 Å². The van der Waals surface area contributed by atoms with Gasteiger partial charge in [0.2, 0.25) is 0 Å². The van der Waals surface area contributed by atoms with E-state index >= 15 is 0 Å². The molecule has 0 bridgehead atoms. The number of carboxylic acid groups (broad SMARTS) is 1. The van der Waals surface area contributed by atoms with Crippen molar-refractivity contribution in [3.05, 3.63) is 33.8 Å². The van der Waals surface area contributed by atoms with E-state index in [1.165, 1.54) is 6.92 Å².